The van der Waals surface area contributed by atoms with Gasteiger partial charge < -0.3 is 18.7 Å². The average molecular weight is 388 g/mol. The molecule has 0 unspecified atom stereocenters. The molecule has 26 heavy (non-hydrogen) atoms. The molecule has 7 heteroatoms. The lowest BCUT2D eigenvalue weighted by Crippen LogP contribution is -2.56. The summed E-state index contributed by atoms with van der Waals surface area (Å²) in [5.41, 5.74) is -1.40. The van der Waals surface area contributed by atoms with Gasteiger partial charge in [0.05, 0.1) is 18.8 Å². The lowest BCUT2D eigenvalue weighted by Gasteiger charge is -2.40. The van der Waals surface area contributed by atoms with E-state index in [0.29, 0.717) is 6.61 Å². The maximum Gasteiger partial charge on any atom is 0.412 e. The van der Waals surface area contributed by atoms with E-state index < -0.39 is 25.7 Å². The summed E-state index contributed by atoms with van der Waals surface area (Å²) in [6.45, 7) is 16.0. The van der Waals surface area contributed by atoms with Crippen molar-refractivity contribution in [2.24, 2.45) is 0 Å². The van der Waals surface area contributed by atoms with Gasteiger partial charge >= 0.3 is 6.09 Å². The number of hydrogen-bond donors (Lipinski definition) is 0. The Balaban J connectivity index is 3.14. The Morgan fingerprint density at radius 1 is 1.27 bits per heavy atom. The number of hydrogen-bond acceptors (Lipinski definition) is 5. The zero-order valence-electron chi connectivity index (χ0n) is 17.8. The zero-order valence-corrected chi connectivity index (χ0v) is 18.8. The second-order valence-corrected chi connectivity index (χ2v) is 13.2. The molecule has 0 bridgehead atoms. The molecule has 2 atom stereocenters. The van der Waals surface area contributed by atoms with E-state index >= 15 is 0 Å². The fraction of sp³-hybridized carbons (Fsp3) is 0.895. The van der Waals surface area contributed by atoms with Crippen molar-refractivity contribution in [1.29, 1.82) is 0 Å². The molecular formula is C19H37NO5Si. The second-order valence-electron chi connectivity index (χ2n) is 8.48. The van der Waals surface area contributed by atoms with Gasteiger partial charge in [0.2, 0.25) is 0 Å². The summed E-state index contributed by atoms with van der Waals surface area (Å²) in [6.07, 6.45) is 0.330. The Bertz CT molecular complexity index is 477. The Morgan fingerprint density at radius 3 is 2.23 bits per heavy atom. The highest BCUT2D eigenvalue weighted by molar-refractivity contribution is 6.73. The van der Waals surface area contributed by atoms with Gasteiger partial charge in [-0.15, -0.1) is 0 Å². The number of carbonyl (C=O) groups excluding carboxylic acids is 2. The molecule has 6 nitrogen and oxygen atoms in total. The van der Waals surface area contributed by atoms with E-state index in [1.807, 2.05) is 34.6 Å². The van der Waals surface area contributed by atoms with E-state index in [-0.39, 0.29) is 18.6 Å². The first-order valence-corrected chi connectivity index (χ1v) is 12.3. The number of amides is 1. The van der Waals surface area contributed by atoms with Crippen LogP contribution >= 0.6 is 0 Å². The van der Waals surface area contributed by atoms with Crippen molar-refractivity contribution >= 4 is 20.7 Å². The summed E-state index contributed by atoms with van der Waals surface area (Å²) < 4.78 is 18.1. The minimum Gasteiger partial charge on any atom is -0.444 e. The molecule has 0 spiro atoms. The SMILES string of the molecule is CC[Si](CC)(CC)O[C@H](CC=O)[C@@H]1COC(C)(C)N1C(=O)OC(C)(C)C. The van der Waals surface area contributed by atoms with Gasteiger partial charge in [-0.25, -0.2) is 4.79 Å². The van der Waals surface area contributed by atoms with E-state index in [1.165, 1.54) is 0 Å². The van der Waals surface area contributed by atoms with Gasteiger partial charge in [0.25, 0.3) is 0 Å². The van der Waals surface area contributed by atoms with Crippen LogP contribution in [0.3, 0.4) is 0 Å². The van der Waals surface area contributed by atoms with Crippen LogP contribution in [-0.2, 0) is 18.7 Å². The maximum absolute atomic E-state index is 12.9. The van der Waals surface area contributed by atoms with Crippen molar-refractivity contribution in [2.75, 3.05) is 6.61 Å². The first kappa shape index (κ1) is 23.1. The van der Waals surface area contributed by atoms with E-state index in [9.17, 15) is 9.59 Å². The average Bonchev–Trinajstić information content (AvgIpc) is 2.85. The number of ether oxygens (including phenoxy) is 2. The third-order valence-electron chi connectivity index (χ3n) is 5.20. The smallest absolute Gasteiger partial charge is 0.412 e. The lowest BCUT2D eigenvalue weighted by atomic mass is 10.1. The minimum absolute atomic E-state index is 0.248. The fourth-order valence-electron chi connectivity index (χ4n) is 3.47. The van der Waals surface area contributed by atoms with Crippen LogP contribution in [0.2, 0.25) is 18.1 Å². The molecule has 152 valence electrons. The number of nitrogens with zero attached hydrogens (tertiary/aromatic N) is 1. The summed E-state index contributed by atoms with van der Waals surface area (Å²) >= 11 is 0. The minimum atomic E-state index is -1.94. The second kappa shape index (κ2) is 8.84. The molecule has 1 rings (SSSR count). The molecule has 1 saturated heterocycles. The van der Waals surface area contributed by atoms with E-state index in [1.54, 1.807) is 4.90 Å². The molecule has 0 N–H and O–H groups in total. The van der Waals surface area contributed by atoms with Crippen LogP contribution in [-0.4, -0.2) is 55.7 Å². The Morgan fingerprint density at radius 2 is 1.81 bits per heavy atom. The molecule has 1 heterocycles. The van der Waals surface area contributed by atoms with E-state index in [4.69, 9.17) is 13.9 Å². The Hall–Kier alpha value is -0.923. The molecule has 1 aliphatic rings. The third-order valence-corrected chi connectivity index (χ3v) is 9.87. The van der Waals surface area contributed by atoms with Crippen molar-refractivity contribution in [1.82, 2.24) is 4.90 Å². The van der Waals surface area contributed by atoms with Gasteiger partial charge in [-0.1, -0.05) is 20.8 Å². The van der Waals surface area contributed by atoms with Crippen LogP contribution in [0.25, 0.3) is 0 Å². The van der Waals surface area contributed by atoms with E-state index in [2.05, 4.69) is 20.8 Å². The number of rotatable bonds is 8. The summed E-state index contributed by atoms with van der Waals surface area (Å²) in [5.74, 6) is 0. The summed E-state index contributed by atoms with van der Waals surface area (Å²) in [5, 5.41) is 0. The van der Waals surface area contributed by atoms with Gasteiger partial charge in [0, 0.05) is 6.42 Å². The van der Waals surface area contributed by atoms with Crippen molar-refractivity contribution in [3.8, 4) is 0 Å². The number of aldehydes is 1. The molecular weight excluding hydrogens is 350 g/mol. The first-order chi connectivity index (χ1) is 11.9. The molecule has 0 aromatic carbocycles. The van der Waals surface area contributed by atoms with Crippen LogP contribution in [0.1, 0.15) is 61.8 Å². The molecule has 1 amide bonds. The molecule has 1 aliphatic heterocycles. The predicted molar refractivity (Wildman–Crippen MR) is 105 cm³/mol. The summed E-state index contributed by atoms with van der Waals surface area (Å²) in [7, 11) is -1.94. The van der Waals surface area contributed by atoms with Gasteiger partial charge in [-0.2, -0.15) is 0 Å². The van der Waals surface area contributed by atoms with Gasteiger partial charge in [-0.3, -0.25) is 4.90 Å². The van der Waals surface area contributed by atoms with Crippen molar-refractivity contribution in [2.45, 2.75) is 103 Å². The summed E-state index contributed by atoms with van der Waals surface area (Å²) in [4.78, 5) is 25.8. The van der Waals surface area contributed by atoms with Crippen LogP contribution in [0.4, 0.5) is 4.79 Å². The van der Waals surface area contributed by atoms with Crippen molar-refractivity contribution in [3.05, 3.63) is 0 Å². The number of carbonyl (C=O) groups is 2. The fourth-order valence-corrected chi connectivity index (χ4v) is 6.37. The molecule has 0 radical (unpaired) electrons. The molecule has 0 aliphatic carbocycles. The van der Waals surface area contributed by atoms with Crippen molar-refractivity contribution in [3.63, 3.8) is 0 Å². The maximum atomic E-state index is 12.9. The summed E-state index contributed by atoms with van der Waals surface area (Å²) in [6, 6.07) is 2.62. The quantitative estimate of drug-likeness (QED) is 0.458. The third kappa shape index (κ3) is 5.54. The largest absolute Gasteiger partial charge is 0.444 e. The van der Waals surface area contributed by atoms with Gasteiger partial charge in [0.1, 0.15) is 17.6 Å². The Labute approximate surface area is 159 Å². The standard InChI is InChI=1S/C19H37NO5Si/c1-9-26(10-2,11-3)25-16(12-13-21)15-14-23-19(7,8)20(15)17(22)24-18(4,5)6/h13,15-16H,9-12,14H2,1-8H3/t15-,16+/m0/s1. The normalized spacial score (nSPS) is 21.5. The first-order valence-electron chi connectivity index (χ1n) is 9.73. The molecule has 0 saturated carbocycles. The zero-order chi connectivity index (χ0) is 20.2. The highest BCUT2D eigenvalue weighted by Crippen LogP contribution is 2.35. The highest BCUT2D eigenvalue weighted by Gasteiger charge is 2.50. The van der Waals surface area contributed by atoms with Crippen LogP contribution < -0.4 is 0 Å². The Kier molecular flexibility index (Phi) is 7.86. The molecule has 0 aromatic heterocycles. The van der Waals surface area contributed by atoms with Crippen LogP contribution in [0, 0.1) is 0 Å². The molecule has 1 fully saturated rings. The van der Waals surface area contributed by atoms with Crippen LogP contribution in [0.5, 0.6) is 0 Å². The van der Waals surface area contributed by atoms with Crippen molar-refractivity contribution < 1.29 is 23.5 Å². The highest BCUT2D eigenvalue weighted by atomic mass is 28.4. The van der Waals surface area contributed by atoms with E-state index in [0.717, 1.165) is 24.4 Å². The lowest BCUT2D eigenvalue weighted by molar-refractivity contribution is -0.110. The van der Waals surface area contributed by atoms with Gasteiger partial charge in [0.15, 0.2) is 8.32 Å². The monoisotopic (exact) mass is 387 g/mol. The van der Waals surface area contributed by atoms with Gasteiger partial charge in [-0.05, 0) is 52.8 Å². The topological polar surface area (TPSA) is 65.1 Å². The predicted octanol–water partition coefficient (Wildman–Crippen LogP) is 4.34. The van der Waals surface area contributed by atoms with Crippen LogP contribution in [0.15, 0.2) is 0 Å². The molecule has 0 aromatic rings.